The van der Waals surface area contributed by atoms with Gasteiger partial charge in [0.1, 0.15) is 5.75 Å². The number of nitrogens with one attached hydrogen (secondary N) is 1. The normalized spacial score (nSPS) is 15.9. The lowest BCUT2D eigenvalue weighted by Crippen LogP contribution is -2.38. The summed E-state index contributed by atoms with van der Waals surface area (Å²) in [5.74, 6) is 0.596. The van der Waals surface area contributed by atoms with Gasteiger partial charge in [-0.3, -0.25) is 14.7 Å². The van der Waals surface area contributed by atoms with Gasteiger partial charge in [-0.1, -0.05) is 79.2 Å². The molecule has 3 aromatic carbocycles. The summed E-state index contributed by atoms with van der Waals surface area (Å²) in [7, 11) is 0. The summed E-state index contributed by atoms with van der Waals surface area (Å²) >= 11 is 0. The van der Waals surface area contributed by atoms with Crippen molar-refractivity contribution >= 4 is 5.91 Å². The average molecular weight is 506 g/mol. The third-order valence-electron chi connectivity index (χ3n) is 7.14. The van der Waals surface area contributed by atoms with Crippen molar-refractivity contribution < 1.29 is 9.53 Å². The molecule has 1 aliphatic rings. The van der Waals surface area contributed by atoms with Crippen molar-refractivity contribution in [2.45, 2.75) is 51.9 Å². The molecule has 0 unspecified atom stereocenters. The number of amides is 1. The molecule has 194 valence electrons. The summed E-state index contributed by atoms with van der Waals surface area (Å²) in [5, 5.41) is 2.97. The molecule has 0 spiro atoms. The number of benzene rings is 3. The molecule has 0 aliphatic carbocycles. The second-order valence-electron chi connectivity index (χ2n) is 9.94. The van der Waals surface area contributed by atoms with Gasteiger partial charge < -0.3 is 10.1 Å². The molecule has 1 amide bonds. The molecule has 2 atom stereocenters. The van der Waals surface area contributed by atoms with Crippen LogP contribution in [-0.4, -0.2) is 28.4 Å². The number of aromatic nitrogens is 1. The first kappa shape index (κ1) is 25.7. The van der Waals surface area contributed by atoms with Crippen LogP contribution in [0.15, 0.2) is 97.2 Å². The van der Waals surface area contributed by atoms with E-state index in [0.717, 1.165) is 31.0 Å². The molecule has 0 fully saturated rings. The number of carbonyl (C=O) groups excluding carboxylic acids is 1. The third-order valence-corrected chi connectivity index (χ3v) is 7.14. The lowest BCUT2D eigenvalue weighted by atomic mass is 9.87. The van der Waals surface area contributed by atoms with E-state index in [1.54, 1.807) is 6.20 Å². The van der Waals surface area contributed by atoms with E-state index in [1.165, 1.54) is 27.8 Å². The number of hydrogen-bond donors (Lipinski definition) is 1. The van der Waals surface area contributed by atoms with Crippen molar-refractivity contribution in [1.82, 2.24) is 15.2 Å². The molecule has 5 rings (SSSR count). The maximum absolute atomic E-state index is 12.9. The van der Waals surface area contributed by atoms with Crippen LogP contribution in [0.1, 0.15) is 52.9 Å². The smallest absolute Gasteiger partial charge is 0.261 e. The van der Waals surface area contributed by atoms with Crippen molar-refractivity contribution in [2.75, 3.05) is 6.54 Å². The lowest BCUT2D eigenvalue weighted by Gasteiger charge is -2.38. The molecule has 0 bridgehead atoms. The van der Waals surface area contributed by atoms with Crippen molar-refractivity contribution in [3.8, 4) is 5.75 Å². The quantitative estimate of drug-likeness (QED) is 0.303. The third kappa shape index (κ3) is 6.12. The van der Waals surface area contributed by atoms with Gasteiger partial charge in [0.2, 0.25) is 0 Å². The molecule has 1 N–H and O–H groups in total. The Morgan fingerprint density at radius 3 is 2.63 bits per heavy atom. The Balaban J connectivity index is 1.38. The van der Waals surface area contributed by atoms with E-state index < -0.39 is 6.10 Å². The van der Waals surface area contributed by atoms with E-state index >= 15 is 0 Å². The first-order valence-corrected chi connectivity index (χ1v) is 13.4. The molecule has 0 radical (unpaired) electrons. The molecule has 5 nitrogen and oxygen atoms in total. The highest BCUT2D eigenvalue weighted by Gasteiger charge is 2.30. The molecular weight excluding hydrogens is 470 g/mol. The number of carbonyl (C=O) groups is 1. The molecule has 2 heterocycles. The SMILES string of the molecule is CC[C@H](Oc1ccc2c(c1)[C@@H](c1ccccc1)N(Cc1cccc(C)c1)CC2)C(=O)NCc1ccccn1. The van der Waals surface area contributed by atoms with Crippen LogP contribution in [0.2, 0.25) is 0 Å². The largest absolute Gasteiger partial charge is 0.481 e. The molecular formula is C33H35N3O2. The Labute approximate surface area is 225 Å². The summed E-state index contributed by atoms with van der Waals surface area (Å²) in [4.78, 5) is 19.8. The first-order valence-electron chi connectivity index (χ1n) is 13.4. The number of fused-ring (bicyclic) bond motifs is 1. The zero-order chi connectivity index (χ0) is 26.3. The number of hydrogen-bond acceptors (Lipinski definition) is 4. The second kappa shape index (κ2) is 12.1. The van der Waals surface area contributed by atoms with E-state index in [1.807, 2.05) is 31.2 Å². The van der Waals surface area contributed by atoms with E-state index in [9.17, 15) is 4.79 Å². The summed E-state index contributed by atoms with van der Waals surface area (Å²) < 4.78 is 6.28. The molecule has 1 aromatic heterocycles. The Morgan fingerprint density at radius 1 is 1.03 bits per heavy atom. The van der Waals surface area contributed by atoms with Gasteiger partial charge in [0.15, 0.2) is 6.10 Å². The van der Waals surface area contributed by atoms with Gasteiger partial charge in [-0.15, -0.1) is 0 Å². The number of ether oxygens (including phenoxy) is 1. The number of rotatable bonds is 9. The van der Waals surface area contributed by atoms with Gasteiger partial charge in [-0.05, 0) is 66.3 Å². The van der Waals surface area contributed by atoms with Crippen molar-refractivity contribution in [2.24, 2.45) is 0 Å². The highest BCUT2D eigenvalue weighted by Crippen LogP contribution is 2.38. The Morgan fingerprint density at radius 2 is 1.87 bits per heavy atom. The Kier molecular flexibility index (Phi) is 8.15. The molecule has 0 saturated carbocycles. The van der Waals surface area contributed by atoms with Gasteiger partial charge >= 0.3 is 0 Å². The maximum Gasteiger partial charge on any atom is 0.261 e. The second-order valence-corrected chi connectivity index (χ2v) is 9.94. The predicted molar refractivity (Wildman–Crippen MR) is 151 cm³/mol. The maximum atomic E-state index is 12.9. The van der Waals surface area contributed by atoms with Crippen LogP contribution in [0.5, 0.6) is 5.75 Å². The number of nitrogens with zero attached hydrogens (tertiary/aromatic N) is 2. The van der Waals surface area contributed by atoms with E-state index in [-0.39, 0.29) is 11.9 Å². The molecule has 5 heteroatoms. The minimum Gasteiger partial charge on any atom is -0.481 e. The minimum atomic E-state index is -0.570. The molecule has 4 aromatic rings. The fraction of sp³-hybridized carbons (Fsp3) is 0.273. The van der Waals surface area contributed by atoms with Crippen LogP contribution in [-0.2, 0) is 24.3 Å². The Bertz CT molecular complexity index is 1360. The van der Waals surface area contributed by atoms with Gasteiger partial charge in [-0.2, -0.15) is 0 Å². The van der Waals surface area contributed by atoms with E-state index in [4.69, 9.17) is 4.74 Å². The molecule has 38 heavy (non-hydrogen) atoms. The topological polar surface area (TPSA) is 54.5 Å². The zero-order valence-corrected chi connectivity index (χ0v) is 22.1. The lowest BCUT2D eigenvalue weighted by molar-refractivity contribution is -0.128. The van der Waals surface area contributed by atoms with Crippen LogP contribution in [0.25, 0.3) is 0 Å². The van der Waals surface area contributed by atoms with Gasteiger partial charge in [-0.25, -0.2) is 0 Å². The standard InChI is InChI=1S/C33H35N3O2/c1-3-31(33(37)35-22-28-14-7-8-18-34-28)38-29-16-15-26-17-19-36(23-25-11-9-10-24(2)20-25)32(30(26)21-29)27-12-5-4-6-13-27/h4-16,18,20-21,31-32H,3,17,19,22-23H2,1-2H3,(H,35,37)/t31-,32+/m0/s1. The van der Waals surface area contributed by atoms with Crippen LogP contribution in [0.4, 0.5) is 0 Å². The summed E-state index contributed by atoms with van der Waals surface area (Å²) in [6.07, 6.45) is 2.71. The van der Waals surface area contributed by atoms with Crippen molar-refractivity contribution in [1.29, 1.82) is 0 Å². The highest BCUT2D eigenvalue weighted by molar-refractivity contribution is 5.81. The van der Waals surface area contributed by atoms with Gasteiger partial charge in [0.25, 0.3) is 5.91 Å². The number of aryl methyl sites for hydroxylation is 1. The first-order chi connectivity index (χ1) is 18.6. The number of pyridine rings is 1. The van der Waals surface area contributed by atoms with Gasteiger partial charge in [0, 0.05) is 19.3 Å². The summed E-state index contributed by atoms with van der Waals surface area (Å²) in [6, 6.07) is 31.6. The van der Waals surface area contributed by atoms with Crippen molar-refractivity contribution in [3.05, 3.63) is 131 Å². The summed E-state index contributed by atoms with van der Waals surface area (Å²) in [5.41, 5.74) is 7.26. The van der Waals surface area contributed by atoms with Crippen LogP contribution in [0.3, 0.4) is 0 Å². The van der Waals surface area contributed by atoms with Crippen molar-refractivity contribution in [3.63, 3.8) is 0 Å². The summed E-state index contributed by atoms with van der Waals surface area (Å²) in [6.45, 7) is 6.35. The van der Waals surface area contributed by atoms with Gasteiger partial charge in [0.05, 0.1) is 18.3 Å². The zero-order valence-electron chi connectivity index (χ0n) is 22.1. The molecule has 0 saturated heterocycles. The molecule has 1 aliphatic heterocycles. The minimum absolute atomic E-state index is 0.113. The average Bonchev–Trinajstić information content (AvgIpc) is 2.95. The van der Waals surface area contributed by atoms with E-state index in [0.29, 0.717) is 13.0 Å². The van der Waals surface area contributed by atoms with E-state index in [2.05, 4.69) is 88.9 Å². The fourth-order valence-corrected chi connectivity index (χ4v) is 5.24. The fourth-order valence-electron chi connectivity index (χ4n) is 5.24. The van der Waals surface area contributed by atoms with Crippen LogP contribution >= 0.6 is 0 Å². The predicted octanol–water partition coefficient (Wildman–Crippen LogP) is 6.01. The Hall–Kier alpha value is -3.96. The monoisotopic (exact) mass is 505 g/mol. The van der Waals surface area contributed by atoms with Crippen LogP contribution < -0.4 is 10.1 Å². The highest BCUT2D eigenvalue weighted by atomic mass is 16.5. The van der Waals surface area contributed by atoms with Crippen LogP contribution in [0, 0.1) is 6.92 Å².